The minimum atomic E-state index is 0.0141. The Balaban J connectivity index is 2.06. The number of benzene rings is 1. The maximum absolute atomic E-state index is 6.04. The van der Waals surface area contributed by atoms with Crippen LogP contribution in [-0.2, 0) is 12.5 Å². The molecule has 1 atom stereocenters. The van der Waals surface area contributed by atoms with Gasteiger partial charge in [0.1, 0.15) is 5.82 Å². The van der Waals surface area contributed by atoms with Crippen LogP contribution < -0.4 is 5.73 Å². The minimum absolute atomic E-state index is 0.0141. The van der Waals surface area contributed by atoms with Gasteiger partial charge in [0, 0.05) is 24.7 Å². The van der Waals surface area contributed by atoms with E-state index in [2.05, 4.69) is 47.7 Å². The molecule has 0 fully saturated rings. The fraction of sp³-hybridized carbons (Fsp3) is 0.412. The number of fused-ring (bicyclic) bond motifs is 1. The van der Waals surface area contributed by atoms with E-state index in [9.17, 15) is 0 Å². The number of hydrogen-bond acceptors (Lipinski definition) is 3. The van der Waals surface area contributed by atoms with Crippen LogP contribution in [0.25, 0.3) is 11.0 Å². The van der Waals surface area contributed by atoms with Gasteiger partial charge in [-0.3, -0.25) is 5.10 Å². The molecule has 3 N–H and O–H groups in total. The van der Waals surface area contributed by atoms with Gasteiger partial charge < -0.3 is 10.3 Å². The zero-order valence-corrected chi connectivity index (χ0v) is 13.6. The number of H-pyrrole nitrogens is 1. The summed E-state index contributed by atoms with van der Waals surface area (Å²) in [6, 6.07) is 10.2. The fourth-order valence-electron chi connectivity index (χ4n) is 2.75. The summed E-state index contributed by atoms with van der Waals surface area (Å²) in [7, 11) is 2.04. The monoisotopic (exact) mass is 297 g/mol. The van der Waals surface area contributed by atoms with Crippen molar-refractivity contribution in [2.45, 2.75) is 32.1 Å². The molecular weight excluding hydrogens is 274 g/mol. The molecular formula is C17H23N5. The van der Waals surface area contributed by atoms with Crippen molar-refractivity contribution in [3.8, 4) is 0 Å². The Hall–Kier alpha value is -2.14. The van der Waals surface area contributed by atoms with E-state index in [-0.39, 0.29) is 11.3 Å². The number of hydrogen-bond donors (Lipinski definition) is 2. The standard InChI is InChI=1S/C17H23N5/c1-17(2,3)15-9-13(20-21-15)11(10-18)16-19-12-7-5-6-8-14(12)22(16)4/h5-9,11H,10,18H2,1-4H3,(H,20,21). The zero-order valence-electron chi connectivity index (χ0n) is 13.6. The molecule has 0 aliphatic carbocycles. The maximum atomic E-state index is 6.04. The fourth-order valence-corrected chi connectivity index (χ4v) is 2.75. The number of aryl methyl sites for hydroxylation is 1. The molecule has 3 rings (SSSR count). The molecule has 2 aromatic heterocycles. The predicted molar refractivity (Wildman–Crippen MR) is 88.9 cm³/mol. The molecule has 116 valence electrons. The Morgan fingerprint density at radius 1 is 1.27 bits per heavy atom. The van der Waals surface area contributed by atoms with Crippen LogP contribution in [-0.4, -0.2) is 26.3 Å². The number of nitrogens with zero attached hydrogens (tertiary/aromatic N) is 3. The summed E-state index contributed by atoms with van der Waals surface area (Å²) in [6.07, 6.45) is 0. The Labute approximate surface area is 130 Å². The van der Waals surface area contributed by atoms with E-state index >= 15 is 0 Å². The summed E-state index contributed by atoms with van der Waals surface area (Å²) in [5.41, 5.74) is 10.2. The highest BCUT2D eigenvalue weighted by atomic mass is 15.1. The van der Waals surface area contributed by atoms with Crippen LogP contribution in [0.4, 0.5) is 0 Å². The van der Waals surface area contributed by atoms with Crippen molar-refractivity contribution >= 4 is 11.0 Å². The molecule has 5 heteroatoms. The van der Waals surface area contributed by atoms with Crippen LogP contribution >= 0.6 is 0 Å². The van der Waals surface area contributed by atoms with E-state index in [1.54, 1.807) is 0 Å². The number of aromatic nitrogens is 4. The third-order valence-corrected chi connectivity index (χ3v) is 4.11. The van der Waals surface area contributed by atoms with Crippen LogP contribution in [0.15, 0.2) is 30.3 Å². The van der Waals surface area contributed by atoms with Gasteiger partial charge >= 0.3 is 0 Å². The van der Waals surface area contributed by atoms with Crippen molar-refractivity contribution in [3.63, 3.8) is 0 Å². The van der Waals surface area contributed by atoms with Gasteiger partial charge in [0.2, 0.25) is 0 Å². The Morgan fingerprint density at radius 2 is 2.00 bits per heavy atom. The van der Waals surface area contributed by atoms with Gasteiger partial charge in [-0.2, -0.15) is 5.10 Å². The van der Waals surface area contributed by atoms with E-state index < -0.39 is 0 Å². The second-order valence-corrected chi connectivity index (χ2v) is 6.76. The smallest absolute Gasteiger partial charge is 0.120 e. The molecule has 3 aromatic rings. The second kappa shape index (κ2) is 5.25. The quantitative estimate of drug-likeness (QED) is 0.780. The van der Waals surface area contributed by atoms with E-state index in [1.165, 1.54) is 0 Å². The molecule has 0 bridgehead atoms. The molecule has 0 aliphatic heterocycles. The molecule has 22 heavy (non-hydrogen) atoms. The molecule has 0 saturated carbocycles. The normalized spacial score (nSPS) is 13.7. The van der Waals surface area contributed by atoms with E-state index in [0.29, 0.717) is 6.54 Å². The first kappa shape index (κ1) is 14.8. The molecule has 2 heterocycles. The van der Waals surface area contributed by atoms with E-state index in [4.69, 9.17) is 10.7 Å². The summed E-state index contributed by atoms with van der Waals surface area (Å²) in [4.78, 5) is 4.77. The van der Waals surface area contributed by atoms with Gasteiger partial charge in [-0.1, -0.05) is 32.9 Å². The summed E-state index contributed by atoms with van der Waals surface area (Å²) >= 11 is 0. The second-order valence-electron chi connectivity index (χ2n) is 6.76. The van der Waals surface area contributed by atoms with Crippen LogP contribution in [0.5, 0.6) is 0 Å². The lowest BCUT2D eigenvalue weighted by Gasteiger charge is -2.15. The molecule has 0 saturated heterocycles. The molecule has 1 unspecified atom stereocenters. The van der Waals surface area contributed by atoms with Gasteiger partial charge in [0.05, 0.1) is 22.6 Å². The number of para-hydroxylation sites is 2. The van der Waals surface area contributed by atoms with Crippen LogP contribution in [0.1, 0.15) is 43.9 Å². The third kappa shape index (κ3) is 2.41. The summed E-state index contributed by atoms with van der Waals surface area (Å²) in [6.45, 7) is 6.95. The summed E-state index contributed by atoms with van der Waals surface area (Å²) < 4.78 is 2.12. The molecule has 5 nitrogen and oxygen atoms in total. The van der Waals surface area contributed by atoms with Crippen molar-refractivity contribution in [2.24, 2.45) is 12.8 Å². The minimum Gasteiger partial charge on any atom is -0.331 e. The highest BCUT2D eigenvalue weighted by Gasteiger charge is 2.24. The van der Waals surface area contributed by atoms with E-state index in [1.807, 2.05) is 25.2 Å². The largest absolute Gasteiger partial charge is 0.331 e. The number of aromatic amines is 1. The average molecular weight is 297 g/mol. The van der Waals surface area contributed by atoms with Crippen molar-refractivity contribution < 1.29 is 0 Å². The maximum Gasteiger partial charge on any atom is 0.120 e. The summed E-state index contributed by atoms with van der Waals surface area (Å²) in [5, 5.41) is 7.60. The van der Waals surface area contributed by atoms with Crippen molar-refractivity contribution in [1.29, 1.82) is 0 Å². The van der Waals surface area contributed by atoms with Crippen LogP contribution in [0, 0.1) is 0 Å². The number of nitrogens with two attached hydrogens (primary N) is 1. The number of rotatable bonds is 3. The Bertz CT molecular complexity index is 791. The molecule has 0 radical (unpaired) electrons. The van der Waals surface area contributed by atoms with Gasteiger partial charge in [0.25, 0.3) is 0 Å². The predicted octanol–water partition coefficient (Wildman–Crippen LogP) is 2.68. The number of imidazole rings is 1. The lowest BCUT2D eigenvalue weighted by molar-refractivity contribution is 0.567. The third-order valence-electron chi connectivity index (χ3n) is 4.11. The first-order valence-electron chi connectivity index (χ1n) is 7.59. The van der Waals surface area contributed by atoms with Crippen molar-refractivity contribution in [1.82, 2.24) is 19.7 Å². The Morgan fingerprint density at radius 3 is 2.59 bits per heavy atom. The van der Waals surface area contributed by atoms with Crippen molar-refractivity contribution in [3.05, 3.63) is 47.5 Å². The lowest BCUT2D eigenvalue weighted by atomic mass is 9.91. The Kier molecular flexibility index (Phi) is 3.53. The molecule has 0 spiro atoms. The first-order chi connectivity index (χ1) is 10.4. The van der Waals surface area contributed by atoms with Crippen LogP contribution in [0.2, 0.25) is 0 Å². The molecule has 1 aromatic carbocycles. The highest BCUT2D eigenvalue weighted by Crippen LogP contribution is 2.28. The molecule has 0 aliphatic rings. The van der Waals surface area contributed by atoms with Crippen molar-refractivity contribution in [2.75, 3.05) is 6.54 Å². The summed E-state index contributed by atoms with van der Waals surface area (Å²) in [5.74, 6) is 0.980. The topological polar surface area (TPSA) is 72.5 Å². The van der Waals surface area contributed by atoms with Gasteiger partial charge in [-0.25, -0.2) is 4.98 Å². The SMILES string of the molecule is Cn1c(C(CN)c2cc(C(C)(C)C)n[nH]2)nc2ccccc21. The first-order valence-corrected chi connectivity index (χ1v) is 7.59. The average Bonchev–Trinajstić information content (AvgIpc) is 3.07. The highest BCUT2D eigenvalue weighted by molar-refractivity contribution is 5.76. The van der Waals surface area contributed by atoms with Gasteiger partial charge in [0.15, 0.2) is 0 Å². The van der Waals surface area contributed by atoms with Crippen LogP contribution in [0.3, 0.4) is 0 Å². The van der Waals surface area contributed by atoms with E-state index in [0.717, 1.165) is 28.2 Å². The lowest BCUT2D eigenvalue weighted by Crippen LogP contribution is -2.18. The number of nitrogens with one attached hydrogen (secondary N) is 1. The van der Waals surface area contributed by atoms with Gasteiger partial charge in [-0.05, 0) is 18.2 Å². The molecule has 0 amide bonds. The zero-order chi connectivity index (χ0) is 15.9. The van der Waals surface area contributed by atoms with Gasteiger partial charge in [-0.15, -0.1) is 0 Å².